The van der Waals surface area contributed by atoms with Gasteiger partial charge in [-0.3, -0.25) is 0 Å². The molecule has 0 N–H and O–H groups in total. The normalized spacial score (nSPS) is 9.82. The molecule has 0 aliphatic rings. The number of hydrogen-bond acceptors (Lipinski definition) is 1. The average Bonchev–Trinajstić information content (AvgIpc) is 1.97. The Morgan fingerprint density at radius 2 is 2.09 bits per heavy atom. The van der Waals surface area contributed by atoms with E-state index >= 15 is 0 Å². The zero-order chi connectivity index (χ0) is 8.43. The monoisotopic (exact) mass is 326 g/mol. The highest BCUT2D eigenvalue weighted by atomic mass is 127. The van der Waals surface area contributed by atoms with Crippen molar-refractivity contribution in [3.8, 4) is 5.75 Å². The second-order valence-electron chi connectivity index (χ2n) is 2.24. The van der Waals surface area contributed by atoms with Gasteiger partial charge < -0.3 is 4.74 Å². The fourth-order valence-corrected chi connectivity index (χ4v) is 1.79. The van der Waals surface area contributed by atoms with Gasteiger partial charge in [-0.2, -0.15) is 0 Å². The lowest BCUT2D eigenvalue weighted by Gasteiger charge is -2.05. The fraction of sp³-hybridized carbons (Fsp3) is 0.250. The van der Waals surface area contributed by atoms with Crippen molar-refractivity contribution in [2.45, 2.75) is 6.92 Å². The predicted octanol–water partition coefficient (Wildman–Crippen LogP) is 3.37. The Labute approximate surface area is 88.4 Å². The third-order valence-corrected chi connectivity index (χ3v) is 3.73. The van der Waals surface area contributed by atoms with Crippen molar-refractivity contribution in [3.63, 3.8) is 0 Å². The molecule has 0 bridgehead atoms. The maximum atomic E-state index is 5.15. The van der Waals surface area contributed by atoms with Crippen LogP contribution in [0.25, 0.3) is 0 Å². The molecule has 0 unspecified atom stereocenters. The second kappa shape index (κ2) is 3.76. The van der Waals surface area contributed by atoms with Crippen LogP contribution in [0.3, 0.4) is 0 Å². The molecule has 0 saturated carbocycles. The Balaban J connectivity index is 3.21. The van der Waals surface area contributed by atoms with E-state index < -0.39 is 0 Å². The minimum absolute atomic E-state index is 0.928. The van der Waals surface area contributed by atoms with E-state index in [9.17, 15) is 0 Å². The fourth-order valence-electron chi connectivity index (χ4n) is 0.848. The van der Waals surface area contributed by atoms with Crippen LogP contribution in [0.1, 0.15) is 5.56 Å². The van der Waals surface area contributed by atoms with Gasteiger partial charge in [0.1, 0.15) is 5.75 Å². The van der Waals surface area contributed by atoms with Crippen LogP contribution in [0, 0.1) is 10.5 Å². The molecule has 1 rings (SSSR count). The third kappa shape index (κ3) is 2.08. The van der Waals surface area contributed by atoms with Crippen molar-refractivity contribution >= 4 is 38.5 Å². The van der Waals surface area contributed by atoms with E-state index in [4.69, 9.17) is 4.74 Å². The van der Waals surface area contributed by atoms with E-state index in [1.165, 1.54) is 9.13 Å². The van der Waals surface area contributed by atoms with Crippen LogP contribution in [0.5, 0.6) is 5.75 Å². The lowest BCUT2D eigenvalue weighted by atomic mass is 10.2. The van der Waals surface area contributed by atoms with E-state index in [1.807, 2.05) is 13.0 Å². The van der Waals surface area contributed by atoms with Crippen molar-refractivity contribution in [2.24, 2.45) is 0 Å². The predicted molar refractivity (Wildman–Crippen MR) is 58.1 cm³/mol. The molecule has 0 spiro atoms. The summed E-state index contributed by atoms with van der Waals surface area (Å²) < 4.78 is 7.44. The van der Waals surface area contributed by atoms with Gasteiger partial charge in [0.2, 0.25) is 0 Å². The third-order valence-electron chi connectivity index (χ3n) is 1.44. The molecule has 1 aromatic rings. The van der Waals surface area contributed by atoms with Crippen molar-refractivity contribution < 1.29 is 4.74 Å². The zero-order valence-electron chi connectivity index (χ0n) is 6.32. The van der Waals surface area contributed by atoms with Crippen molar-refractivity contribution in [1.29, 1.82) is 0 Å². The standard InChI is InChI=1S/C8H8BrIO/c1-5-3-7(10)6(9)4-8(5)11-2/h3-4H,1-2H3. The largest absolute Gasteiger partial charge is 0.496 e. The van der Waals surface area contributed by atoms with Crippen LogP contribution in [0.2, 0.25) is 0 Å². The Hall–Kier alpha value is 0.230. The number of halogens is 2. The number of methoxy groups -OCH3 is 1. The van der Waals surface area contributed by atoms with E-state index in [-0.39, 0.29) is 0 Å². The summed E-state index contributed by atoms with van der Waals surface area (Å²) in [5.74, 6) is 0.928. The first kappa shape index (κ1) is 9.32. The van der Waals surface area contributed by atoms with Crippen LogP contribution in [-0.2, 0) is 0 Å². The molecule has 0 fully saturated rings. The molecule has 0 saturated heterocycles. The van der Waals surface area contributed by atoms with Gasteiger partial charge in [0.05, 0.1) is 7.11 Å². The lowest BCUT2D eigenvalue weighted by Crippen LogP contribution is -1.88. The summed E-state index contributed by atoms with van der Waals surface area (Å²) in [6.07, 6.45) is 0. The van der Waals surface area contributed by atoms with Crippen molar-refractivity contribution in [1.82, 2.24) is 0 Å². The Morgan fingerprint density at radius 1 is 1.45 bits per heavy atom. The van der Waals surface area contributed by atoms with Crippen molar-refractivity contribution in [2.75, 3.05) is 7.11 Å². The van der Waals surface area contributed by atoms with Gasteiger partial charge in [-0.25, -0.2) is 0 Å². The first-order valence-corrected chi connectivity index (χ1v) is 5.02. The molecule has 0 aromatic heterocycles. The van der Waals surface area contributed by atoms with E-state index in [0.717, 1.165) is 10.2 Å². The lowest BCUT2D eigenvalue weighted by molar-refractivity contribution is 0.411. The molecular weight excluding hydrogens is 319 g/mol. The van der Waals surface area contributed by atoms with Gasteiger partial charge in [-0.1, -0.05) is 0 Å². The van der Waals surface area contributed by atoms with Gasteiger partial charge in [0, 0.05) is 8.04 Å². The van der Waals surface area contributed by atoms with E-state index in [2.05, 4.69) is 44.6 Å². The van der Waals surface area contributed by atoms with Gasteiger partial charge in [0.25, 0.3) is 0 Å². The maximum Gasteiger partial charge on any atom is 0.122 e. The first-order valence-electron chi connectivity index (χ1n) is 3.15. The summed E-state index contributed by atoms with van der Waals surface area (Å²) in [4.78, 5) is 0. The maximum absolute atomic E-state index is 5.15. The Morgan fingerprint density at radius 3 is 2.64 bits per heavy atom. The van der Waals surface area contributed by atoms with Crippen LogP contribution in [0.4, 0.5) is 0 Å². The number of rotatable bonds is 1. The number of ether oxygens (including phenoxy) is 1. The Kier molecular flexibility index (Phi) is 3.18. The zero-order valence-corrected chi connectivity index (χ0v) is 10.1. The van der Waals surface area contributed by atoms with E-state index in [0.29, 0.717) is 0 Å². The summed E-state index contributed by atoms with van der Waals surface area (Å²) >= 11 is 5.71. The van der Waals surface area contributed by atoms with Crippen LogP contribution in [0.15, 0.2) is 16.6 Å². The Bertz CT molecular complexity index is 273. The van der Waals surface area contributed by atoms with Gasteiger partial charge >= 0.3 is 0 Å². The summed E-state index contributed by atoms with van der Waals surface area (Å²) in [6, 6.07) is 4.07. The highest BCUT2D eigenvalue weighted by Crippen LogP contribution is 2.27. The van der Waals surface area contributed by atoms with Gasteiger partial charge in [-0.15, -0.1) is 0 Å². The molecule has 0 radical (unpaired) electrons. The molecule has 0 aliphatic carbocycles. The van der Waals surface area contributed by atoms with Crippen LogP contribution >= 0.6 is 38.5 Å². The van der Waals surface area contributed by atoms with Gasteiger partial charge in [0.15, 0.2) is 0 Å². The van der Waals surface area contributed by atoms with Crippen LogP contribution in [-0.4, -0.2) is 7.11 Å². The molecule has 1 nitrogen and oxygen atoms in total. The quantitative estimate of drug-likeness (QED) is 0.719. The first-order chi connectivity index (χ1) is 5.15. The molecule has 1 aromatic carbocycles. The summed E-state index contributed by atoms with van der Waals surface area (Å²) in [5.41, 5.74) is 1.17. The van der Waals surface area contributed by atoms with Crippen molar-refractivity contribution in [3.05, 3.63) is 25.7 Å². The molecule has 60 valence electrons. The average molecular weight is 327 g/mol. The smallest absolute Gasteiger partial charge is 0.122 e. The minimum Gasteiger partial charge on any atom is -0.496 e. The summed E-state index contributed by atoms with van der Waals surface area (Å²) in [5, 5.41) is 0. The highest BCUT2D eigenvalue weighted by molar-refractivity contribution is 14.1. The number of hydrogen-bond donors (Lipinski definition) is 0. The van der Waals surface area contributed by atoms with E-state index in [1.54, 1.807) is 7.11 Å². The number of benzene rings is 1. The molecule has 0 heterocycles. The molecular formula is C8H8BrIO. The molecule has 0 atom stereocenters. The minimum atomic E-state index is 0.928. The summed E-state index contributed by atoms with van der Waals surface area (Å²) in [7, 11) is 1.68. The molecule has 3 heteroatoms. The second-order valence-corrected chi connectivity index (χ2v) is 4.25. The SMILES string of the molecule is COc1cc(Br)c(I)cc1C. The topological polar surface area (TPSA) is 9.23 Å². The molecule has 0 amide bonds. The van der Waals surface area contributed by atoms with Gasteiger partial charge in [-0.05, 0) is 63.1 Å². The summed E-state index contributed by atoms with van der Waals surface area (Å²) in [6.45, 7) is 2.04. The molecule has 0 aliphatic heterocycles. The molecule has 11 heavy (non-hydrogen) atoms. The number of aryl methyl sites for hydroxylation is 1. The van der Waals surface area contributed by atoms with Crippen LogP contribution < -0.4 is 4.74 Å². The highest BCUT2D eigenvalue weighted by Gasteiger charge is 2.02.